The largest absolute Gasteiger partial charge is 0.352 e. The Kier molecular flexibility index (Phi) is 6.48. The number of nitrogens with one attached hydrogen (secondary N) is 1. The third-order valence-corrected chi connectivity index (χ3v) is 5.97. The number of rotatable bonds is 8. The van der Waals surface area contributed by atoms with E-state index in [4.69, 9.17) is 0 Å². The number of aryl methyl sites for hydroxylation is 1. The Labute approximate surface area is 169 Å². The maximum atomic E-state index is 12.6. The smallest absolute Gasteiger partial charge is 0.220 e. The van der Waals surface area contributed by atoms with Crippen molar-refractivity contribution < 1.29 is 9.59 Å². The minimum absolute atomic E-state index is 0.00702. The maximum Gasteiger partial charge on any atom is 0.220 e. The molecule has 2 aromatic rings. The Hall–Kier alpha value is -1.94. The molecule has 1 atom stereocenters. The van der Waals surface area contributed by atoms with Crippen molar-refractivity contribution in [2.45, 2.75) is 52.0 Å². The summed E-state index contributed by atoms with van der Waals surface area (Å²) in [5, 5.41) is 3.04. The van der Waals surface area contributed by atoms with Gasteiger partial charge in [-0.1, -0.05) is 46.3 Å². The topological polar surface area (TPSA) is 46.2 Å². The molecule has 0 heterocycles. The first-order valence-corrected chi connectivity index (χ1v) is 10.3. The van der Waals surface area contributed by atoms with Crippen LogP contribution in [0, 0.1) is 19.8 Å². The van der Waals surface area contributed by atoms with Crippen molar-refractivity contribution in [1.82, 2.24) is 5.32 Å². The Morgan fingerprint density at radius 1 is 1.07 bits per heavy atom. The molecule has 1 saturated carbocycles. The number of halogens is 1. The highest BCUT2D eigenvalue weighted by Crippen LogP contribution is 2.35. The van der Waals surface area contributed by atoms with E-state index in [0.29, 0.717) is 25.2 Å². The van der Waals surface area contributed by atoms with Gasteiger partial charge in [0.2, 0.25) is 5.91 Å². The SMILES string of the molecule is Cc1cccc(CNC(=O)CC(CC(=O)C2CC2)c2ccc(Br)cc2)c1C. The minimum Gasteiger partial charge on any atom is -0.352 e. The van der Waals surface area contributed by atoms with Gasteiger partial charge in [-0.15, -0.1) is 0 Å². The number of carbonyl (C=O) groups is 2. The first kappa shape index (κ1) is 19.8. The van der Waals surface area contributed by atoms with E-state index < -0.39 is 0 Å². The molecular weight excluding hydrogens is 402 g/mol. The molecule has 27 heavy (non-hydrogen) atoms. The third-order valence-electron chi connectivity index (χ3n) is 5.45. The van der Waals surface area contributed by atoms with Crippen LogP contribution in [0.5, 0.6) is 0 Å². The molecule has 0 spiro atoms. The fourth-order valence-electron chi connectivity index (χ4n) is 3.35. The van der Waals surface area contributed by atoms with Crippen LogP contribution in [-0.4, -0.2) is 11.7 Å². The summed E-state index contributed by atoms with van der Waals surface area (Å²) in [5.41, 5.74) is 4.63. The first-order valence-electron chi connectivity index (χ1n) is 9.54. The molecule has 1 aliphatic carbocycles. The van der Waals surface area contributed by atoms with Crippen LogP contribution in [0.25, 0.3) is 0 Å². The minimum atomic E-state index is -0.0650. The molecule has 3 nitrogen and oxygen atoms in total. The zero-order valence-corrected chi connectivity index (χ0v) is 17.5. The average molecular weight is 428 g/mol. The van der Waals surface area contributed by atoms with Crippen molar-refractivity contribution in [2.24, 2.45) is 5.92 Å². The van der Waals surface area contributed by atoms with Gasteiger partial charge >= 0.3 is 0 Å². The van der Waals surface area contributed by atoms with Crippen LogP contribution in [0.15, 0.2) is 46.9 Å². The van der Waals surface area contributed by atoms with Gasteiger partial charge in [0.15, 0.2) is 0 Å². The van der Waals surface area contributed by atoms with Gasteiger partial charge in [-0.2, -0.15) is 0 Å². The number of carbonyl (C=O) groups excluding carboxylic acids is 2. The van der Waals surface area contributed by atoms with E-state index in [1.165, 1.54) is 11.1 Å². The lowest BCUT2D eigenvalue weighted by molar-refractivity contribution is -0.122. The van der Waals surface area contributed by atoms with Gasteiger partial charge in [-0.05, 0) is 67.0 Å². The van der Waals surface area contributed by atoms with Crippen LogP contribution >= 0.6 is 15.9 Å². The molecule has 2 aromatic carbocycles. The van der Waals surface area contributed by atoms with Crippen LogP contribution in [0.4, 0.5) is 0 Å². The average Bonchev–Trinajstić information content (AvgIpc) is 3.48. The van der Waals surface area contributed by atoms with Crippen LogP contribution in [0.1, 0.15) is 53.9 Å². The van der Waals surface area contributed by atoms with Crippen molar-refractivity contribution in [3.05, 3.63) is 69.2 Å². The second-order valence-electron chi connectivity index (χ2n) is 7.53. The third kappa shape index (κ3) is 5.52. The van der Waals surface area contributed by atoms with Gasteiger partial charge < -0.3 is 5.32 Å². The predicted octanol–water partition coefficient (Wildman–Crippen LogP) is 5.23. The summed E-state index contributed by atoms with van der Waals surface area (Å²) in [4.78, 5) is 25.0. The normalized spacial score (nSPS) is 14.6. The van der Waals surface area contributed by atoms with Crippen LogP contribution in [0.3, 0.4) is 0 Å². The molecule has 1 amide bonds. The van der Waals surface area contributed by atoms with Crippen LogP contribution < -0.4 is 5.32 Å². The number of Topliss-reactive ketones (excluding diaryl/α,β-unsaturated/α-hetero) is 1. The second-order valence-corrected chi connectivity index (χ2v) is 8.45. The Morgan fingerprint density at radius 3 is 2.44 bits per heavy atom. The molecule has 0 aliphatic heterocycles. The first-order chi connectivity index (χ1) is 12.9. The Balaban J connectivity index is 1.65. The standard InChI is InChI=1S/C23H26BrNO2/c1-15-4-3-5-19(16(15)2)14-25-23(27)13-20(12-22(26)18-6-7-18)17-8-10-21(24)11-9-17/h3-5,8-11,18,20H,6-7,12-14H2,1-2H3,(H,25,27). The summed E-state index contributed by atoms with van der Waals surface area (Å²) in [6.07, 6.45) is 2.80. The molecule has 1 aliphatic rings. The molecule has 1 fully saturated rings. The number of benzene rings is 2. The Bertz CT molecular complexity index is 825. The van der Waals surface area contributed by atoms with E-state index >= 15 is 0 Å². The van der Waals surface area contributed by atoms with E-state index in [2.05, 4.69) is 41.2 Å². The Morgan fingerprint density at radius 2 is 1.78 bits per heavy atom. The van der Waals surface area contributed by atoms with E-state index in [9.17, 15) is 9.59 Å². The molecule has 142 valence electrons. The van der Waals surface area contributed by atoms with Crippen LogP contribution in [0.2, 0.25) is 0 Å². The lowest BCUT2D eigenvalue weighted by atomic mass is 9.89. The van der Waals surface area contributed by atoms with Gasteiger partial charge in [0.1, 0.15) is 5.78 Å². The highest BCUT2D eigenvalue weighted by Gasteiger charge is 2.31. The van der Waals surface area contributed by atoms with Crippen molar-refractivity contribution >= 4 is 27.6 Å². The summed E-state index contributed by atoms with van der Waals surface area (Å²) in [5.74, 6) is 0.448. The predicted molar refractivity (Wildman–Crippen MR) is 112 cm³/mol. The molecule has 4 heteroatoms. The van der Waals surface area contributed by atoms with Crippen molar-refractivity contribution in [3.63, 3.8) is 0 Å². The number of hydrogen-bond acceptors (Lipinski definition) is 2. The summed E-state index contributed by atoms with van der Waals surface area (Å²) >= 11 is 3.45. The monoisotopic (exact) mass is 427 g/mol. The molecule has 0 saturated heterocycles. The summed E-state index contributed by atoms with van der Waals surface area (Å²) in [6, 6.07) is 14.1. The van der Waals surface area contributed by atoms with E-state index in [-0.39, 0.29) is 17.7 Å². The highest BCUT2D eigenvalue weighted by molar-refractivity contribution is 9.10. The summed E-state index contributed by atoms with van der Waals surface area (Å²) < 4.78 is 0.998. The molecule has 3 rings (SSSR count). The lowest BCUT2D eigenvalue weighted by Gasteiger charge is -2.17. The van der Waals surface area contributed by atoms with Gasteiger partial charge in [-0.3, -0.25) is 9.59 Å². The van der Waals surface area contributed by atoms with Gasteiger partial charge in [0, 0.05) is 29.8 Å². The van der Waals surface area contributed by atoms with E-state index in [1.807, 2.05) is 36.4 Å². The highest BCUT2D eigenvalue weighted by atomic mass is 79.9. The van der Waals surface area contributed by atoms with Gasteiger partial charge in [0.05, 0.1) is 0 Å². The summed E-state index contributed by atoms with van der Waals surface area (Å²) in [7, 11) is 0. The van der Waals surface area contributed by atoms with Crippen molar-refractivity contribution in [1.29, 1.82) is 0 Å². The fraction of sp³-hybridized carbons (Fsp3) is 0.391. The fourth-order valence-corrected chi connectivity index (χ4v) is 3.62. The number of amides is 1. The molecule has 1 unspecified atom stereocenters. The van der Waals surface area contributed by atoms with Crippen molar-refractivity contribution in [3.8, 4) is 0 Å². The number of ketones is 1. The van der Waals surface area contributed by atoms with Crippen molar-refractivity contribution in [2.75, 3.05) is 0 Å². The molecule has 0 bridgehead atoms. The molecule has 1 N–H and O–H groups in total. The van der Waals surface area contributed by atoms with Crippen LogP contribution in [-0.2, 0) is 16.1 Å². The van der Waals surface area contributed by atoms with Gasteiger partial charge in [-0.25, -0.2) is 0 Å². The molecular formula is C23H26BrNO2. The zero-order valence-electron chi connectivity index (χ0n) is 15.9. The van der Waals surface area contributed by atoms with Gasteiger partial charge in [0.25, 0.3) is 0 Å². The van der Waals surface area contributed by atoms with E-state index in [1.54, 1.807) is 0 Å². The number of hydrogen-bond donors (Lipinski definition) is 1. The molecule has 0 aromatic heterocycles. The zero-order chi connectivity index (χ0) is 19.4. The molecule has 0 radical (unpaired) electrons. The second kappa shape index (κ2) is 8.83. The summed E-state index contributed by atoms with van der Waals surface area (Å²) in [6.45, 7) is 4.68. The maximum absolute atomic E-state index is 12.6. The lowest BCUT2D eigenvalue weighted by Crippen LogP contribution is -2.26. The van der Waals surface area contributed by atoms with E-state index in [0.717, 1.165) is 28.4 Å². The quantitative estimate of drug-likeness (QED) is 0.626.